The van der Waals surface area contributed by atoms with E-state index in [1.807, 2.05) is 89.8 Å². The quantitative estimate of drug-likeness (QED) is 0.358. The van der Waals surface area contributed by atoms with Crippen LogP contribution in [0.25, 0.3) is 0 Å². The molecule has 7 heteroatoms. The second-order valence-electron chi connectivity index (χ2n) is 10.4. The molecule has 0 spiro atoms. The highest BCUT2D eigenvalue weighted by atomic mass is 16.5. The topological polar surface area (TPSA) is 87.7 Å². The highest BCUT2D eigenvalue weighted by Crippen LogP contribution is 2.22. The number of likely N-dealkylation sites (tertiary alicyclic amines) is 1. The van der Waals surface area contributed by atoms with Gasteiger partial charge in [-0.25, -0.2) is 0 Å². The summed E-state index contributed by atoms with van der Waals surface area (Å²) in [6.45, 7) is 1.82. The maximum absolute atomic E-state index is 12.9. The lowest BCUT2D eigenvalue weighted by atomic mass is 9.92. The first-order valence-corrected chi connectivity index (χ1v) is 14.1. The van der Waals surface area contributed by atoms with E-state index >= 15 is 0 Å². The Hall–Kier alpha value is -4.13. The third-order valence-corrected chi connectivity index (χ3v) is 7.42. The maximum Gasteiger partial charge on any atom is 0.242 e. The second kappa shape index (κ2) is 14.9. The van der Waals surface area contributed by atoms with Crippen LogP contribution in [0.5, 0.6) is 5.75 Å². The minimum atomic E-state index is -0.659. The van der Waals surface area contributed by atoms with Gasteiger partial charge in [-0.05, 0) is 54.0 Å². The van der Waals surface area contributed by atoms with Crippen molar-refractivity contribution in [1.29, 1.82) is 0 Å². The van der Waals surface area contributed by atoms with Gasteiger partial charge in [0.25, 0.3) is 0 Å². The van der Waals surface area contributed by atoms with Gasteiger partial charge in [-0.3, -0.25) is 14.4 Å². The number of carbonyl (C=O) groups excluding carboxylic acids is 3. The van der Waals surface area contributed by atoms with E-state index in [4.69, 9.17) is 4.74 Å². The number of amides is 3. The van der Waals surface area contributed by atoms with Crippen LogP contribution in [0.3, 0.4) is 0 Å². The summed E-state index contributed by atoms with van der Waals surface area (Å²) in [7, 11) is 1.58. The highest BCUT2D eigenvalue weighted by molar-refractivity contribution is 5.87. The number of likely N-dealkylation sites (N-methyl/N-ethyl adjacent to an activating group) is 1. The molecule has 0 aromatic heterocycles. The summed E-state index contributed by atoms with van der Waals surface area (Å²) >= 11 is 0. The molecule has 1 aliphatic rings. The SMILES string of the molecule is CNC(=O)[C@H](Cc1ccc(OCc2ccccc2)cc1)NC(=O)CC1CCN(C(=O)CCc2ccccc2)CC1. The number of carbonyl (C=O) groups is 3. The first-order valence-electron chi connectivity index (χ1n) is 14.1. The summed E-state index contributed by atoms with van der Waals surface area (Å²) in [5, 5.41) is 5.60. The summed E-state index contributed by atoms with van der Waals surface area (Å²) < 4.78 is 5.85. The molecule has 1 heterocycles. The van der Waals surface area contributed by atoms with Gasteiger partial charge in [0.1, 0.15) is 18.4 Å². The standard InChI is InChI=1S/C33H39N3O4/c1-34-33(39)30(22-26-12-15-29(16-13-26)40-24-28-10-6-3-7-11-28)35-31(37)23-27-18-20-36(21-19-27)32(38)17-14-25-8-4-2-5-9-25/h2-13,15-16,27,30H,14,17-24H2,1H3,(H,34,39)(H,35,37)/t30-/m0/s1. The molecule has 3 aromatic rings. The Morgan fingerprint density at radius 1 is 0.850 bits per heavy atom. The van der Waals surface area contributed by atoms with Crippen LogP contribution in [-0.2, 0) is 33.8 Å². The van der Waals surface area contributed by atoms with Gasteiger partial charge in [0.05, 0.1) is 0 Å². The Morgan fingerprint density at radius 3 is 2.10 bits per heavy atom. The van der Waals surface area contributed by atoms with Crippen LogP contribution in [-0.4, -0.2) is 48.8 Å². The lowest BCUT2D eigenvalue weighted by molar-refractivity contribution is -0.133. The molecule has 1 saturated heterocycles. The van der Waals surface area contributed by atoms with E-state index in [1.54, 1.807) is 7.05 Å². The highest BCUT2D eigenvalue weighted by Gasteiger charge is 2.26. The Morgan fingerprint density at radius 2 is 1.48 bits per heavy atom. The summed E-state index contributed by atoms with van der Waals surface area (Å²) in [5.74, 6) is 0.757. The van der Waals surface area contributed by atoms with Gasteiger partial charge < -0.3 is 20.3 Å². The van der Waals surface area contributed by atoms with Crippen molar-refractivity contribution in [3.8, 4) is 5.75 Å². The predicted octanol–water partition coefficient (Wildman–Crippen LogP) is 4.30. The van der Waals surface area contributed by atoms with Gasteiger partial charge in [-0.15, -0.1) is 0 Å². The Kier molecular flexibility index (Phi) is 10.7. The lowest BCUT2D eigenvalue weighted by Gasteiger charge is -2.32. The number of ether oxygens (including phenoxy) is 1. The van der Waals surface area contributed by atoms with Crippen molar-refractivity contribution < 1.29 is 19.1 Å². The Bertz CT molecular complexity index is 1220. The van der Waals surface area contributed by atoms with E-state index in [1.165, 1.54) is 5.56 Å². The number of hydrogen-bond donors (Lipinski definition) is 2. The number of piperidine rings is 1. The molecular weight excluding hydrogens is 502 g/mol. The normalized spacial score (nSPS) is 14.3. The maximum atomic E-state index is 12.9. The van der Waals surface area contributed by atoms with E-state index in [0.29, 0.717) is 39.0 Å². The molecule has 4 rings (SSSR count). The van der Waals surface area contributed by atoms with Crippen LogP contribution in [0.15, 0.2) is 84.9 Å². The summed E-state index contributed by atoms with van der Waals surface area (Å²) in [6.07, 6.45) is 3.57. The molecule has 1 atom stereocenters. The van der Waals surface area contributed by atoms with Crippen LogP contribution in [0.1, 0.15) is 42.4 Å². The first-order chi connectivity index (χ1) is 19.5. The molecule has 0 aliphatic carbocycles. The van der Waals surface area contributed by atoms with Crippen molar-refractivity contribution in [2.45, 2.75) is 51.2 Å². The average molecular weight is 542 g/mol. The number of hydrogen-bond acceptors (Lipinski definition) is 4. The fraction of sp³-hybridized carbons (Fsp3) is 0.364. The van der Waals surface area contributed by atoms with Crippen molar-refractivity contribution in [3.63, 3.8) is 0 Å². The van der Waals surface area contributed by atoms with Crippen molar-refractivity contribution in [1.82, 2.24) is 15.5 Å². The molecule has 3 amide bonds. The molecule has 1 aliphatic heterocycles. The molecule has 0 saturated carbocycles. The van der Waals surface area contributed by atoms with Gasteiger partial charge in [0, 0.05) is 39.4 Å². The van der Waals surface area contributed by atoms with E-state index in [9.17, 15) is 14.4 Å². The van der Waals surface area contributed by atoms with Gasteiger partial charge in [0.2, 0.25) is 17.7 Å². The molecule has 0 bridgehead atoms. The molecule has 40 heavy (non-hydrogen) atoms. The van der Waals surface area contributed by atoms with Crippen molar-refractivity contribution >= 4 is 17.7 Å². The molecule has 0 radical (unpaired) electrons. The smallest absolute Gasteiger partial charge is 0.242 e. The number of benzene rings is 3. The molecule has 7 nitrogen and oxygen atoms in total. The molecule has 210 valence electrons. The second-order valence-corrected chi connectivity index (χ2v) is 10.4. The Balaban J connectivity index is 1.21. The zero-order valence-corrected chi connectivity index (χ0v) is 23.2. The summed E-state index contributed by atoms with van der Waals surface area (Å²) in [5.41, 5.74) is 3.19. The minimum absolute atomic E-state index is 0.134. The van der Waals surface area contributed by atoms with E-state index in [2.05, 4.69) is 10.6 Å². The van der Waals surface area contributed by atoms with Crippen LogP contribution < -0.4 is 15.4 Å². The van der Waals surface area contributed by atoms with E-state index < -0.39 is 6.04 Å². The number of rotatable bonds is 12. The average Bonchev–Trinajstić information content (AvgIpc) is 3.00. The summed E-state index contributed by atoms with van der Waals surface area (Å²) in [4.78, 5) is 40.0. The largest absolute Gasteiger partial charge is 0.489 e. The van der Waals surface area contributed by atoms with Gasteiger partial charge in [0.15, 0.2) is 0 Å². The number of nitrogens with one attached hydrogen (secondary N) is 2. The van der Waals surface area contributed by atoms with Crippen molar-refractivity contribution in [3.05, 3.63) is 102 Å². The molecule has 0 unspecified atom stereocenters. The summed E-state index contributed by atoms with van der Waals surface area (Å²) in [6, 6.07) is 27.0. The first kappa shape index (κ1) is 28.9. The predicted molar refractivity (Wildman–Crippen MR) is 156 cm³/mol. The van der Waals surface area contributed by atoms with Crippen molar-refractivity contribution in [2.24, 2.45) is 5.92 Å². The lowest BCUT2D eigenvalue weighted by Crippen LogP contribution is -2.48. The molecular formula is C33H39N3O4. The fourth-order valence-electron chi connectivity index (χ4n) is 5.04. The third-order valence-electron chi connectivity index (χ3n) is 7.42. The zero-order chi connectivity index (χ0) is 28.2. The number of nitrogens with zero attached hydrogens (tertiary/aromatic N) is 1. The minimum Gasteiger partial charge on any atom is -0.489 e. The third kappa shape index (κ3) is 8.97. The molecule has 2 N–H and O–H groups in total. The fourth-order valence-corrected chi connectivity index (χ4v) is 5.04. The van der Waals surface area contributed by atoms with Gasteiger partial charge in [-0.2, -0.15) is 0 Å². The van der Waals surface area contributed by atoms with Gasteiger partial charge >= 0.3 is 0 Å². The number of aryl methyl sites for hydroxylation is 1. The molecule has 1 fully saturated rings. The van der Waals surface area contributed by atoms with Crippen LogP contribution in [0.4, 0.5) is 0 Å². The van der Waals surface area contributed by atoms with Crippen LogP contribution in [0.2, 0.25) is 0 Å². The van der Waals surface area contributed by atoms with Crippen LogP contribution in [0, 0.1) is 5.92 Å². The van der Waals surface area contributed by atoms with E-state index in [-0.39, 0.29) is 23.6 Å². The monoisotopic (exact) mass is 541 g/mol. The Labute approximate surface area is 236 Å². The molecule has 3 aromatic carbocycles. The zero-order valence-electron chi connectivity index (χ0n) is 23.2. The van der Waals surface area contributed by atoms with Crippen LogP contribution >= 0.6 is 0 Å². The van der Waals surface area contributed by atoms with E-state index in [0.717, 1.165) is 36.1 Å². The van der Waals surface area contributed by atoms with Crippen molar-refractivity contribution in [2.75, 3.05) is 20.1 Å². The van der Waals surface area contributed by atoms with Gasteiger partial charge in [-0.1, -0.05) is 72.8 Å².